The maximum atomic E-state index is 13.9. The van der Waals surface area contributed by atoms with Crippen molar-refractivity contribution in [1.29, 1.82) is 0 Å². The average Bonchev–Trinajstić information content (AvgIpc) is 2.98. The highest BCUT2D eigenvalue weighted by Gasteiger charge is 2.36. The minimum Gasteiger partial charge on any atom is -0.381 e. The van der Waals surface area contributed by atoms with Crippen LogP contribution in [0.4, 0.5) is 10.1 Å². The Balaban J connectivity index is 2.04. The summed E-state index contributed by atoms with van der Waals surface area (Å²) >= 11 is 0. The fraction of sp³-hybridized carbons (Fsp3) is 0.458. The van der Waals surface area contributed by atoms with E-state index in [1.807, 2.05) is 0 Å². The lowest BCUT2D eigenvalue weighted by Gasteiger charge is -2.36. The van der Waals surface area contributed by atoms with Crippen molar-refractivity contribution in [2.75, 3.05) is 12.0 Å². The van der Waals surface area contributed by atoms with E-state index in [0.717, 1.165) is 12.8 Å². The molecular weight excluding hydrogens is 413 g/mol. The number of aryl methyl sites for hydroxylation is 1. The third-order valence-electron chi connectivity index (χ3n) is 6.57. The lowest BCUT2D eigenvalue weighted by molar-refractivity contribution is -0.115. The van der Waals surface area contributed by atoms with E-state index >= 15 is 0 Å². The maximum absolute atomic E-state index is 13.9. The molecule has 7 nitrogen and oxygen atoms in total. The number of carbonyl (C=O) groups is 3. The first-order valence-electron chi connectivity index (χ1n) is 10.7. The highest BCUT2D eigenvalue weighted by atomic mass is 19.1. The van der Waals surface area contributed by atoms with Gasteiger partial charge in [-0.3, -0.25) is 14.4 Å². The molecule has 1 fully saturated rings. The normalized spacial score (nSPS) is 18.4. The van der Waals surface area contributed by atoms with Gasteiger partial charge in [-0.1, -0.05) is 0 Å². The molecule has 1 heterocycles. The van der Waals surface area contributed by atoms with E-state index in [2.05, 4.69) is 0 Å². The van der Waals surface area contributed by atoms with Gasteiger partial charge in [0.05, 0.1) is 17.4 Å². The van der Waals surface area contributed by atoms with E-state index in [1.165, 1.54) is 21.6 Å². The number of hydrogen-bond donors (Lipinski definition) is 1. The predicted molar refractivity (Wildman–Crippen MR) is 119 cm³/mol. The molecule has 0 radical (unpaired) electrons. The van der Waals surface area contributed by atoms with Gasteiger partial charge >= 0.3 is 5.91 Å². The predicted octanol–water partition coefficient (Wildman–Crippen LogP) is 3.36. The number of benzene rings is 1. The molecule has 1 aromatic carbocycles. The third kappa shape index (κ3) is 4.19. The largest absolute Gasteiger partial charge is 0.381 e. The zero-order chi connectivity index (χ0) is 23.7. The molecule has 172 valence electrons. The molecule has 1 saturated carbocycles. The fourth-order valence-corrected chi connectivity index (χ4v) is 4.68. The molecule has 1 aliphatic rings. The first-order valence-corrected chi connectivity index (χ1v) is 10.7. The van der Waals surface area contributed by atoms with E-state index in [-0.39, 0.29) is 29.2 Å². The van der Waals surface area contributed by atoms with Crippen LogP contribution in [0.2, 0.25) is 0 Å². The summed E-state index contributed by atoms with van der Waals surface area (Å²) in [6.07, 6.45) is 2.95. The zero-order valence-corrected chi connectivity index (χ0v) is 19.2. The summed E-state index contributed by atoms with van der Waals surface area (Å²) < 4.78 is 20.9. The Labute approximate surface area is 187 Å². The van der Waals surface area contributed by atoms with Crippen LogP contribution in [-0.2, 0) is 16.6 Å². The van der Waals surface area contributed by atoms with Crippen molar-refractivity contribution in [1.82, 2.24) is 4.57 Å². The zero-order valence-electron chi connectivity index (χ0n) is 19.2. The monoisotopic (exact) mass is 443 g/mol. The molecule has 8 heteroatoms. The SMILES string of the molecule is COC1CCC(N(C(=O)C(=O)c2c(C)c(C(N)=O)c(C)n2C)c2ccc(F)c(C)c2)CC1. The quantitative estimate of drug-likeness (QED) is 0.547. The van der Waals surface area contributed by atoms with Crippen molar-refractivity contribution >= 4 is 23.3 Å². The summed E-state index contributed by atoms with van der Waals surface area (Å²) in [7, 11) is 3.29. The highest BCUT2D eigenvalue weighted by Crippen LogP contribution is 2.31. The Morgan fingerprint density at radius 3 is 2.25 bits per heavy atom. The second-order valence-electron chi connectivity index (χ2n) is 8.46. The van der Waals surface area contributed by atoms with E-state index in [0.29, 0.717) is 35.3 Å². The Bertz CT molecular complexity index is 1070. The average molecular weight is 444 g/mol. The van der Waals surface area contributed by atoms with Gasteiger partial charge in [-0.2, -0.15) is 0 Å². The number of methoxy groups -OCH3 is 1. The second kappa shape index (κ2) is 9.24. The van der Waals surface area contributed by atoms with Crippen LogP contribution < -0.4 is 10.6 Å². The number of carbonyl (C=O) groups excluding carboxylic acids is 3. The minimum absolute atomic E-state index is 0.116. The van der Waals surface area contributed by atoms with E-state index in [4.69, 9.17) is 10.5 Å². The van der Waals surface area contributed by atoms with Gasteiger partial charge in [0.1, 0.15) is 5.82 Å². The number of primary amides is 1. The maximum Gasteiger partial charge on any atom is 0.301 e. The molecule has 0 atom stereocenters. The minimum atomic E-state index is -0.726. The molecular formula is C24H30FN3O4. The number of anilines is 1. The number of Topliss-reactive ketones (excluding diaryl/α,β-unsaturated/α-hetero) is 1. The summed E-state index contributed by atoms with van der Waals surface area (Å²) in [5, 5.41) is 0. The first-order chi connectivity index (χ1) is 15.1. The van der Waals surface area contributed by atoms with Crippen LogP contribution in [0.5, 0.6) is 0 Å². The molecule has 3 rings (SSSR count). The van der Waals surface area contributed by atoms with Crippen molar-refractivity contribution in [3.8, 4) is 0 Å². The Hall–Kier alpha value is -3.00. The molecule has 0 unspecified atom stereocenters. The molecule has 0 saturated heterocycles. The first kappa shape index (κ1) is 23.7. The van der Waals surface area contributed by atoms with Crippen LogP contribution in [0.15, 0.2) is 18.2 Å². The molecule has 1 aromatic heterocycles. The summed E-state index contributed by atoms with van der Waals surface area (Å²) in [5.41, 5.74) is 7.64. The van der Waals surface area contributed by atoms with Crippen LogP contribution in [0.3, 0.4) is 0 Å². The van der Waals surface area contributed by atoms with Crippen molar-refractivity contribution in [3.63, 3.8) is 0 Å². The number of hydrogen-bond acceptors (Lipinski definition) is 4. The summed E-state index contributed by atoms with van der Waals surface area (Å²) in [6.45, 7) is 4.92. The van der Waals surface area contributed by atoms with Gasteiger partial charge in [0.2, 0.25) is 0 Å². The molecule has 2 N–H and O–H groups in total. The van der Waals surface area contributed by atoms with Crippen LogP contribution in [0.25, 0.3) is 0 Å². The fourth-order valence-electron chi connectivity index (χ4n) is 4.68. The van der Waals surface area contributed by atoms with Crippen molar-refractivity contribution in [2.45, 2.75) is 58.6 Å². The van der Waals surface area contributed by atoms with Crippen molar-refractivity contribution in [2.24, 2.45) is 12.8 Å². The van der Waals surface area contributed by atoms with Gasteiger partial charge in [0, 0.05) is 31.6 Å². The van der Waals surface area contributed by atoms with Gasteiger partial charge in [-0.25, -0.2) is 4.39 Å². The number of ether oxygens (including phenoxy) is 1. The molecule has 2 amide bonds. The van der Waals surface area contributed by atoms with Crippen LogP contribution in [-0.4, -0.2) is 41.4 Å². The van der Waals surface area contributed by atoms with E-state index in [9.17, 15) is 18.8 Å². The van der Waals surface area contributed by atoms with Gasteiger partial charge in [0.25, 0.3) is 11.7 Å². The lowest BCUT2D eigenvalue weighted by Crippen LogP contribution is -2.47. The Morgan fingerprint density at radius 1 is 1.12 bits per heavy atom. The molecule has 0 bridgehead atoms. The van der Waals surface area contributed by atoms with Crippen LogP contribution in [0, 0.1) is 26.6 Å². The van der Waals surface area contributed by atoms with Crippen LogP contribution >= 0.6 is 0 Å². The topological polar surface area (TPSA) is 94.6 Å². The van der Waals surface area contributed by atoms with Gasteiger partial charge < -0.3 is 19.9 Å². The Morgan fingerprint density at radius 2 is 1.75 bits per heavy atom. The van der Waals surface area contributed by atoms with Crippen LogP contribution in [0.1, 0.15) is 63.4 Å². The number of nitrogens with two attached hydrogens (primary N) is 1. The summed E-state index contributed by atoms with van der Waals surface area (Å²) in [4.78, 5) is 40.4. The molecule has 0 spiro atoms. The number of ketones is 1. The second-order valence-corrected chi connectivity index (χ2v) is 8.46. The Kier molecular flexibility index (Phi) is 6.83. The molecule has 0 aliphatic heterocycles. The number of rotatable bonds is 6. The van der Waals surface area contributed by atoms with Crippen molar-refractivity contribution in [3.05, 3.63) is 52.1 Å². The smallest absolute Gasteiger partial charge is 0.301 e. The van der Waals surface area contributed by atoms with Gasteiger partial charge in [-0.05, 0) is 75.8 Å². The van der Waals surface area contributed by atoms with E-state index < -0.39 is 17.6 Å². The number of nitrogens with zero attached hydrogens (tertiary/aromatic N) is 2. The molecule has 2 aromatic rings. The van der Waals surface area contributed by atoms with Crippen molar-refractivity contribution < 1.29 is 23.5 Å². The molecule has 32 heavy (non-hydrogen) atoms. The lowest BCUT2D eigenvalue weighted by atomic mass is 9.91. The standard InChI is InChI=1S/C24H30FN3O4/c1-13-12-17(8-11-19(13)25)28(16-6-9-18(32-5)10-7-16)24(31)22(29)21-14(2)20(23(26)30)15(3)27(21)4/h8,11-12,16,18H,6-7,9-10H2,1-5H3,(H2,26,30). The van der Waals surface area contributed by atoms with Gasteiger partial charge in [0.15, 0.2) is 0 Å². The number of amides is 2. The van der Waals surface area contributed by atoms with Gasteiger partial charge in [-0.15, -0.1) is 0 Å². The number of aromatic nitrogens is 1. The third-order valence-corrected chi connectivity index (χ3v) is 6.57. The highest BCUT2D eigenvalue weighted by molar-refractivity contribution is 6.47. The summed E-state index contributed by atoms with van der Waals surface area (Å²) in [6, 6.07) is 4.19. The summed E-state index contributed by atoms with van der Waals surface area (Å²) in [5.74, 6) is -2.46. The number of halogens is 1. The van der Waals surface area contributed by atoms with E-state index in [1.54, 1.807) is 41.0 Å². The molecule has 1 aliphatic carbocycles.